The topological polar surface area (TPSA) is 98.4 Å². The van der Waals surface area contributed by atoms with Crippen molar-refractivity contribution in [2.75, 3.05) is 13.2 Å². The fourth-order valence-electron chi connectivity index (χ4n) is 3.60. The molecule has 4 rings (SSSR count). The fraction of sp³-hybridized carbons (Fsp3) is 0.450. The minimum absolute atomic E-state index is 0.186. The molecule has 1 amide bonds. The van der Waals surface area contributed by atoms with Crippen molar-refractivity contribution in [1.82, 2.24) is 15.1 Å². The average Bonchev–Trinajstić information content (AvgIpc) is 3.29. The van der Waals surface area contributed by atoms with Gasteiger partial charge in [-0.15, -0.1) is 13.2 Å². The molecule has 1 aromatic carbocycles. The fourth-order valence-corrected chi connectivity index (χ4v) is 3.60. The van der Waals surface area contributed by atoms with Gasteiger partial charge in [0.25, 0.3) is 5.91 Å². The molecule has 2 atom stereocenters. The van der Waals surface area contributed by atoms with Crippen molar-refractivity contribution in [2.24, 2.45) is 0 Å². The molecule has 0 bridgehead atoms. The molecule has 0 fully saturated rings. The van der Waals surface area contributed by atoms with Gasteiger partial charge in [0.15, 0.2) is 5.69 Å². The highest BCUT2D eigenvalue weighted by molar-refractivity contribution is 5.92. The quantitative estimate of drug-likeness (QED) is 0.699. The molecular weight excluding hydrogens is 417 g/mol. The third kappa shape index (κ3) is 5.08. The molecule has 2 aliphatic rings. The van der Waals surface area contributed by atoms with Crippen molar-refractivity contribution in [1.29, 1.82) is 5.26 Å². The summed E-state index contributed by atoms with van der Waals surface area (Å²) < 4.78 is 52.6. The van der Waals surface area contributed by atoms with Crippen molar-refractivity contribution >= 4 is 5.91 Å². The number of ether oxygens (including phenoxy) is 3. The number of benzene rings is 1. The zero-order valence-electron chi connectivity index (χ0n) is 16.3. The lowest BCUT2D eigenvalue weighted by Gasteiger charge is -2.26. The molecule has 164 valence electrons. The van der Waals surface area contributed by atoms with Crippen LogP contribution in [0, 0.1) is 11.3 Å². The van der Waals surface area contributed by atoms with Crippen molar-refractivity contribution < 1.29 is 32.2 Å². The normalized spacial score (nSPS) is 19.5. The lowest BCUT2D eigenvalue weighted by molar-refractivity contribution is -0.324. The molecule has 0 spiro atoms. The molecule has 31 heavy (non-hydrogen) atoms. The van der Waals surface area contributed by atoms with Crippen LogP contribution < -0.4 is 14.8 Å². The molecule has 3 heterocycles. The van der Waals surface area contributed by atoms with Gasteiger partial charge in [-0.3, -0.25) is 9.53 Å². The van der Waals surface area contributed by atoms with E-state index in [4.69, 9.17) is 14.7 Å². The van der Waals surface area contributed by atoms with Crippen LogP contribution in [0.2, 0.25) is 0 Å². The van der Waals surface area contributed by atoms with Crippen LogP contribution in [0.4, 0.5) is 13.2 Å². The molecule has 0 saturated carbocycles. The van der Waals surface area contributed by atoms with Crippen molar-refractivity contribution in [3.8, 4) is 17.7 Å². The first-order valence-corrected chi connectivity index (χ1v) is 9.72. The number of fused-ring (bicyclic) bond motifs is 2. The van der Waals surface area contributed by atoms with Crippen LogP contribution in [-0.4, -0.2) is 47.4 Å². The van der Waals surface area contributed by atoms with Gasteiger partial charge in [-0.25, -0.2) is 4.68 Å². The summed E-state index contributed by atoms with van der Waals surface area (Å²) in [4.78, 5) is 12.6. The molecule has 11 heteroatoms. The van der Waals surface area contributed by atoms with Gasteiger partial charge in [0.1, 0.15) is 18.5 Å². The molecule has 2 aliphatic heterocycles. The Morgan fingerprint density at radius 1 is 1.39 bits per heavy atom. The second-order valence-corrected chi connectivity index (χ2v) is 7.35. The Kier molecular flexibility index (Phi) is 5.73. The third-order valence-electron chi connectivity index (χ3n) is 5.01. The molecule has 2 aromatic rings. The first-order valence-electron chi connectivity index (χ1n) is 9.72. The van der Waals surface area contributed by atoms with Gasteiger partial charge in [0, 0.05) is 6.07 Å². The minimum Gasteiger partial charge on any atom is -0.491 e. The van der Waals surface area contributed by atoms with Crippen molar-refractivity contribution in [2.45, 2.75) is 44.3 Å². The van der Waals surface area contributed by atoms with E-state index >= 15 is 0 Å². The summed E-state index contributed by atoms with van der Waals surface area (Å²) in [5, 5.41) is 16.1. The molecule has 0 radical (unpaired) electrons. The van der Waals surface area contributed by atoms with Crippen molar-refractivity contribution in [3.63, 3.8) is 0 Å². The highest BCUT2D eigenvalue weighted by Gasteiger charge is 2.30. The number of amides is 1. The number of carbonyl (C=O) groups is 1. The summed E-state index contributed by atoms with van der Waals surface area (Å²) in [7, 11) is 0. The van der Waals surface area contributed by atoms with Crippen LogP contribution in [0.3, 0.4) is 0 Å². The lowest BCUT2D eigenvalue weighted by atomic mass is 10.0. The van der Waals surface area contributed by atoms with E-state index < -0.39 is 13.0 Å². The van der Waals surface area contributed by atoms with Crippen LogP contribution >= 0.6 is 0 Å². The van der Waals surface area contributed by atoms with Gasteiger partial charge in [-0.05, 0) is 43.0 Å². The van der Waals surface area contributed by atoms with Crippen molar-refractivity contribution in [3.05, 3.63) is 41.1 Å². The van der Waals surface area contributed by atoms with Crippen LogP contribution in [0.5, 0.6) is 11.6 Å². The van der Waals surface area contributed by atoms with E-state index in [1.54, 1.807) is 18.2 Å². The van der Waals surface area contributed by atoms with Gasteiger partial charge >= 0.3 is 6.36 Å². The number of nitriles is 1. The largest absolute Gasteiger partial charge is 0.522 e. The average molecular weight is 436 g/mol. The summed E-state index contributed by atoms with van der Waals surface area (Å²) >= 11 is 0. The summed E-state index contributed by atoms with van der Waals surface area (Å²) in [5.41, 5.74) is 1.56. The number of alkyl halides is 3. The standard InChI is InChI=1S/C20H19F3N4O4/c21-20(22,23)30-5-1-2-15-10-27-18(31-15)8-16(26-27)19(28)25-14-7-13-6-12(9-24)3-4-17(13)29-11-14/h3-4,6,8,14-15H,1-2,5,7,10-11H2,(H,25,28)/t14-,15+/m1/s1. The minimum atomic E-state index is -4.63. The van der Waals surface area contributed by atoms with E-state index in [0.717, 1.165) is 5.56 Å². The number of nitrogens with one attached hydrogen (secondary N) is 1. The van der Waals surface area contributed by atoms with E-state index in [0.29, 0.717) is 43.2 Å². The molecule has 0 unspecified atom stereocenters. The first kappa shape index (κ1) is 21.0. The maximum atomic E-state index is 12.6. The number of halogens is 3. The molecule has 1 N–H and O–H groups in total. The van der Waals surface area contributed by atoms with E-state index in [2.05, 4.69) is 21.2 Å². The smallest absolute Gasteiger partial charge is 0.491 e. The van der Waals surface area contributed by atoms with E-state index in [9.17, 15) is 18.0 Å². The van der Waals surface area contributed by atoms with Gasteiger partial charge in [0.2, 0.25) is 5.88 Å². The zero-order valence-corrected chi connectivity index (χ0v) is 16.3. The Balaban J connectivity index is 1.28. The summed E-state index contributed by atoms with van der Waals surface area (Å²) in [6.45, 7) is 0.226. The summed E-state index contributed by atoms with van der Waals surface area (Å²) in [6.07, 6.45) is -3.84. The monoisotopic (exact) mass is 436 g/mol. The summed E-state index contributed by atoms with van der Waals surface area (Å²) in [6, 6.07) is 8.49. The number of aromatic nitrogens is 2. The summed E-state index contributed by atoms with van der Waals surface area (Å²) in [5.74, 6) is 0.718. The highest BCUT2D eigenvalue weighted by atomic mass is 19.4. The molecule has 0 aliphatic carbocycles. The Labute approximate surface area is 175 Å². The number of carbonyl (C=O) groups excluding carboxylic acids is 1. The van der Waals surface area contributed by atoms with E-state index in [-0.39, 0.29) is 30.2 Å². The van der Waals surface area contributed by atoms with Crippen LogP contribution in [0.25, 0.3) is 0 Å². The number of hydrogen-bond acceptors (Lipinski definition) is 6. The third-order valence-corrected chi connectivity index (χ3v) is 5.01. The van der Waals surface area contributed by atoms with Crippen LogP contribution in [0.1, 0.15) is 34.5 Å². The van der Waals surface area contributed by atoms with E-state index in [1.165, 1.54) is 10.7 Å². The second-order valence-electron chi connectivity index (χ2n) is 7.35. The van der Waals surface area contributed by atoms with Gasteiger partial charge < -0.3 is 14.8 Å². The number of hydrogen-bond donors (Lipinski definition) is 1. The molecule has 0 saturated heterocycles. The second kappa shape index (κ2) is 8.47. The lowest BCUT2D eigenvalue weighted by Crippen LogP contribution is -2.43. The van der Waals surface area contributed by atoms with E-state index in [1.807, 2.05) is 0 Å². The number of nitrogens with zero attached hydrogens (tertiary/aromatic N) is 3. The Bertz CT molecular complexity index is 991. The zero-order chi connectivity index (χ0) is 22.0. The van der Waals surface area contributed by atoms with Gasteiger partial charge in [-0.1, -0.05) is 0 Å². The molecule has 8 nitrogen and oxygen atoms in total. The first-order chi connectivity index (χ1) is 14.8. The molecule has 1 aromatic heterocycles. The van der Waals surface area contributed by atoms with Crippen LogP contribution in [-0.2, 0) is 17.7 Å². The molecular formula is C20H19F3N4O4. The highest BCUT2D eigenvalue weighted by Crippen LogP contribution is 2.27. The van der Waals surface area contributed by atoms with Gasteiger partial charge in [-0.2, -0.15) is 10.4 Å². The maximum absolute atomic E-state index is 12.6. The SMILES string of the molecule is N#Cc1ccc2c(c1)C[C@@H](NC(=O)c1cc3n(n1)C[C@H](CCCOC(F)(F)F)O3)CO2. The Hall–Kier alpha value is -3.26. The Morgan fingerprint density at radius 3 is 2.97 bits per heavy atom. The Morgan fingerprint density at radius 2 is 2.23 bits per heavy atom. The maximum Gasteiger partial charge on any atom is 0.522 e. The number of rotatable bonds is 6. The van der Waals surface area contributed by atoms with Gasteiger partial charge in [0.05, 0.1) is 30.8 Å². The van der Waals surface area contributed by atoms with Crippen LogP contribution in [0.15, 0.2) is 24.3 Å². The predicted octanol–water partition coefficient (Wildman–Crippen LogP) is 2.57. The predicted molar refractivity (Wildman–Crippen MR) is 99.5 cm³/mol.